The van der Waals surface area contributed by atoms with E-state index in [1.807, 2.05) is 24.3 Å². The van der Waals surface area contributed by atoms with Crippen LogP contribution in [0.4, 0.5) is 0 Å². The molecule has 5 nitrogen and oxygen atoms in total. The van der Waals surface area contributed by atoms with Gasteiger partial charge in [-0.15, -0.1) is 23.7 Å². The first kappa shape index (κ1) is 21.1. The van der Waals surface area contributed by atoms with Crippen LogP contribution < -0.4 is 15.4 Å². The number of carbonyl (C=O) groups excluding carboxylic acids is 1. The van der Waals surface area contributed by atoms with Crippen molar-refractivity contribution in [1.29, 1.82) is 0 Å². The number of methoxy groups -OCH3 is 1. The van der Waals surface area contributed by atoms with Crippen LogP contribution in [0.1, 0.15) is 38.5 Å². The zero-order valence-electron chi connectivity index (χ0n) is 16.1. The van der Waals surface area contributed by atoms with Gasteiger partial charge in [-0.2, -0.15) is 0 Å². The van der Waals surface area contributed by atoms with E-state index in [1.54, 1.807) is 18.4 Å². The van der Waals surface area contributed by atoms with Crippen molar-refractivity contribution >= 4 is 29.7 Å². The average molecular weight is 423 g/mol. The van der Waals surface area contributed by atoms with Gasteiger partial charge in [-0.25, -0.2) is 0 Å². The summed E-state index contributed by atoms with van der Waals surface area (Å²) >= 11 is 1.63. The molecule has 152 valence electrons. The third kappa shape index (κ3) is 4.20. The van der Waals surface area contributed by atoms with E-state index in [1.165, 1.54) is 10.4 Å². The summed E-state index contributed by atoms with van der Waals surface area (Å²) in [6.07, 6.45) is 3.61. The van der Waals surface area contributed by atoms with Gasteiger partial charge in [0.2, 0.25) is 0 Å². The van der Waals surface area contributed by atoms with Crippen molar-refractivity contribution < 1.29 is 14.3 Å². The van der Waals surface area contributed by atoms with Crippen molar-refractivity contribution in [3.63, 3.8) is 0 Å². The summed E-state index contributed by atoms with van der Waals surface area (Å²) in [7, 11) is 1.67. The largest absolute Gasteiger partial charge is 0.496 e. The van der Waals surface area contributed by atoms with Crippen molar-refractivity contribution in [3.8, 4) is 5.75 Å². The minimum atomic E-state index is -0.189. The Morgan fingerprint density at radius 3 is 2.89 bits per heavy atom. The Labute approximate surface area is 176 Å². The minimum absolute atomic E-state index is 0. The quantitative estimate of drug-likeness (QED) is 0.776. The number of para-hydroxylation sites is 1. The van der Waals surface area contributed by atoms with E-state index in [2.05, 4.69) is 16.7 Å². The van der Waals surface area contributed by atoms with Crippen molar-refractivity contribution in [2.24, 2.45) is 0 Å². The molecule has 2 aromatic rings. The van der Waals surface area contributed by atoms with E-state index in [0.717, 1.165) is 61.6 Å². The van der Waals surface area contributed by atoms with Gasteiger partial charge in [0, 0.05) is 17.8 Å². The lowest BCUT2D eigenvalue weighted by Gasteiger charge is -2.40. The molecule has 4 rings (SSSR count). The van der Waals surface area contributed by atoms with Crippen LogP contribution in [-0.4, -0.2) is 39.3 Å². The predicted molar refractivity (Wildman–Crippen MR) is 114 cm³/mol. The van der Waals surface area contributed by atoms with Crippen molar-refractivity contribution in [2.45, 2.75) is 31.3 Å². The summed E-state index contributed by atoms with van der Waals surface area (Å²) < 4.78 is 11.6. The highest BCUT2D eigenvalue weighted by molar-refractivity contribution is 7.14. The molecule has 0 aliphatic carbocycles. The summed E-state index contributed by atoms with van der Waals surface area (Å²) in [5.74, 6) is 0.872. The first-order chi connectivity index (χ1) is 13.2. The van der Waals surface area contributed by atoms with E-state index in [0.29, 0.717) is 6.54 Å². The molecule has 1 aromatic heterocycles. The summed E-state index contributed by atoms with van der Waals surface area (Å²) in [6.45, 7) is 3.28. The SMILES string of the molecule is COc1ccccc1CCNC(=O)c1cc2c(s1)CCOC21CCNCC1.Cl. The maximum Gasteiger partial charge on any atom is 0.261 e. The van der Waals surface area contributed by atoms with Gasteiger partial charge in [0.05, 0.1) is 24.2 Å². The second-order valence-corrected chi connectivity index (χ2v) is 8.24. The Bertz CT molecular complexity index is 818. The molecule has 1 saturated heterocycles. The number of benzene rings is 1. The Hall–Kier alpha value is -1.60. The van der Waals surface area contributed by atoms with Crippen LogP contribution in [0.25, 0.3) is 0 Å². The van der Waals surface area contributed by atoms with Crippen molar-refractivity contribution in [1.82, 2.24) is 10.6 Å². The zero-order chi connectivity index (χ0) is 18.7. The number of fused-ring (bicyclic) bond motifs is 2. The molecule has 1 amide bonds. The van der Waals surface area contributed by atoms with Crippen LogP contribution >= 0.6 is 23.7 Å². The molecule has 0 saturated carbocycles. The number of thiophene rings is 1. The lowest BCUT2D eigenvalue weighted by atomic mass is 9.83. The Morgan fingerprint density at radius 1 is 1.32 bits per heavy atom. The van der Waals surface area contributed by atoms with Crippen molar-refractivity contribution in [2.75, 3.05) is 33.4 Å². The van der Waals surface area contributed by atoms with E-state index in [4.69, 9.17) is 9.47 Å². The van der Waals surface area contributed by atoms with Gasteiger partial charge in [-0.05, 0) is 55.6 Å². The minimum Gasteiger partial charge on any atom is -0.496 e. The number of halogens is 1. The van der Waals surface area contributed by atoms with Gasteiger partial charge in [-0.1, -0.05) is 18.2 Å². The fraction of sp³-hybridized carbons (Fsp3) is 0.476. The summed E-state index contributed by atoms with van der Waals surface area (Å²) in [4.78, 5) is 14.8. The van der Waals surface area contributed by atoms with Crippen LogP contribution in [0.2, 0.25) is 0 Å². The lowest BCUT2D eigenvalue weighted by Crippen LogP contribution is -2.44. The van der Waals surface area contributed by atoms with E-state index in [9.17, 15) is 4.79 Å². The lowest BCUT2D eigenvalue weighted by molar-refractivity contribution is -0.0792. The fourth-order valence-corrected chi connectivity index (χ4v) is 5.23. The number of ether oxygens (including phenoxy) is 2. The molecule has 0 bridgehead atoms. The summed E-state index contributed by atoms with van der Waals surface area (Å²) in [5, 5.41) is 6.47. The number of hydrogen-bond donors (Lipinski definition) is 2. The molecule has 0 radical (unpaired) electrons. The number of rotatable bonds is 5. The third-order valence-corrected chi connectivity index (χ3v) is 6.71. The molecular formula is C21H27ClN2O3S. The van der Waals surface area contributed by atoms with Crippen molar-refractivity contribution in [3.05, 3.63) is 51.2 Å². The molecule has 0 unspecified atom stereocenters. The Kier molecular flexibility index (Phi) is 6.99. The molecule has 3 heterocycles. The van der Waals surface area contributed by atoms with Gasteiger partial charge in [0.25, 0.3) is 5.91 Å². The van der Waals surface area contributed by atoms with Crippen LogP contribution in [-0.2, 0) is 23.2 Å². The highest BCUT2D eigenvalue weighted by Crippen LogP contribution is 2.43. The van der Waals surface area contributed by atoms with Gasteiger partial charge in [0.1, 0.15) is 5.75 Å². The Morgan fingerprint density at radius 2 is 2.11 bits per heavy atom. The predicted octanol–water partition coefficient (Wildman–Crippen LogP) is 3.30. The van der Waals surface area contributed by atoms with Gasteiger partial charge in [-0.3, -0.25) is 4.79 Å². The number of piperidine rings is 1. The standard InChI is InChI=1S/C21H26N2O3S.ClH/c1-25-17-5-3-2-4-15(17)6-10-23-20(24)19-14-16-18(27-19)7-13-26-21(16)8-11-22-12-9-21;/h2-5,14,22H,6-13H2,1H3,(H,23,24);1H. The second-order valence-electron chi connectivity index (χ2n) is 7.11. The van der Waals surface area contributed by atoms with Crippen LogP contribution in [0.15, 0.2) is 30.3 Å². The maximum absolute atomic E-state index is 12.7. The molecular weight excluding hydrogens is 396 g/mol. The smallest absolute Gasteiger partial charge is 0.261 e. The van der Waals surface area contributed by atoms with Gasteiger partial charge >= 0.3 is 0 Å². The molecule has 0 atom stereocenters. The highest BCUT2D eigenvalue weighted by atomic mass is 35.5. The fourth-order valence-electron chi connectivity index (χ4n) is 4.08. The normalized spacial score (nSPS) is 17.5. The van der Waals surface area contributed by atoms with E-state index >= 15 is 0 Å². The van der Waals surface area contributed by atoms with Gasteiger partial charge < -0.3 is 20.1 Å². The number of hydrogen-bond acceptors (Lipinski definition) is 5. The first-order valence-corrected chi connectivity index (χ1v) is 10.4. The third-order valence-electron chi connectivity index (χ3n) is 5.51. The molecule has 2 N–H and O–H groups in total. The molecule has 2 aliphatic heterocycles. The monoisotopic (exact) mass is 422 g/mol. The molecule has 1 spiro atoms. The molecule has 1 fully saturated rings. The topological polar surface area (TPSA) is 59.6 Å². The molecule has 1 aromatic carbocycles. The molecule has 28 heavy (non-hydrogen) atoms. The summed E-state index contributed by atoms with van der Waals surface area (Å²) in [5.41, 5.74) is 2.16. The molecule has 2 aliphatic rings. The zero-order valence-corrected chi connectivity index (χ0v) is 17.7. The maximum atomic E-state index is 12.7. The Balaban J connectivity index is 0.00000225. The number of nitrogens with one attached hydrogen (secondary N) is 2. The van der Waals surface area contributed by atoms with Gasteiger partial charge in [0.15, 0.2) is 0 Å². The highest BCUT2D eigenvalue weighted by Gasteiger charge is 2.40. The van der Waals surface area contributed by atoms with Crippen LogP contribution in [0.3, 0.4) is 0 Å². The first-order valence-electron chi connectivity index (χ1n) is 9.60. The van der Waals surface area contributed by atoms with E-state index < -0.39 is 0 Å². The average Bonchev–Trinajstić information content (AvgIpc) is 3.15. The number of amides is 1. The van der Waals surface area contributed by atoms with Crippen LogP contribution in [0.5, 0.6) is 5.75 Å². The molecule has 7 heteroatoms. The summed E-state index contributed by atoms with van der Waals surface area (Å²) in [6, 6.07) is 10.0. The number of carbonyl (C=O) groups is 1. The second kappa shape index (κ2) is 9.27. The van der Waals surface area contributed by atoms with E-state index in [-0.39, 0.29) is 23.9 Å². The van der Waals surface area contributed by atoms with Crippen LogP contribution in [0, 0.1) is 0 Å².